The standard InChI is InChI=1S/C19H22N6O2S/c1-4-14-8-5-6-9-15(14)21-16(26)12-24(3)17(27)13(2)28-19-22-18-20-10-7-11-25(18)23-19/h5-11,13H,4,12H2,1-3H3,(H,21,26). The van der Waals surface area contributed by atoms with Crippen molar-refractivity contribution in [2.24, 2.45) is 0 Å². The van der Waals surface area contributed by atoms with Crippen LogP contribution in [0.2, 0.25) is 0 Å². The molecule has 0 radical (unpaired) electrons. The second kappa shape index (κ2) is 8.83. The van der Waals surface area contributed by atoms with Crippen LogP contribution in [0.1, 0.15) is 19.4 Å². The molecule has 0 bridgehead atoms. The number of nitrogens with one attached hydrogen (secondary N) is 1. The Kier molecular flexibility index (Phi) is 6.25. The summed E-state index contributed by atoms with van der Waals surface area (Å²) in [5.74, 6) is 0.0757. The highest BCUT2D eigenvalue weighted by Crippen LogP contribution is 2.21. The van der Waals surface area contributed by atoms with E-state index in [1.54, 1.807) is 36.9 Å². The van der Waals surface area contributed by atoms with E-state index in [1.807, 2.05) is 31.2 Å². The molecule has 0 spiro atoms. The van der Waals surface area contributed by atoms with Gasteiger partial charge in [0, 0.05) is 25.1 Å². The first kappa shape index (κ1) is 19.8. The van der Waals surface area contributed by atoms with E-state index in [9.17, 15) is 9.59 Å². The molecule has 2 aromatic heterocycles. The number of nitrogens with zero attached hydrogens (tertiary/aromatic N) is 5. The predicted octanol–water partition coefficient (Wildman–Crippen LogP) is 2.26. The lowest BCUT2D eigenvalue weighted by Crippen LogP contribution is -2.39. The molecule has 1 unspecified atom stereocenters. The zero-order chi connectivity index (χ0) is 20.1. The molecule has 1 aromatic carbocycles. The summed E-state index contributed by atoms with van der Waals surface area (Å²) < 4.78 is 1.56. The number of rotatable bonds is 7. The third kappa shape index (κ3) is 4.66. The number of para-hydroxylation sites is 1. The Morgan fingerprint density at radius 3 is 2.82 bits per heavy atom. The average molecular weight is 398 g/mol. The lowest BCUT2D eigenvalue weighted by molar-refractivity contribution is -0.132. The maximum absolute atomic E-state index is 12.6. The molecule has 3 rings (SSSR count). The van der Waals surface area contributed by atoms with E-state index in [0.717, 1.165) is 17.7 Å². The number of thioether (sulfide) groups is 1. The van der Waals surface area contributed by atoms with Gasteiger partial charge in [0.15, 0.2) is 0 Å². The fraction of sp³-hybridized carbons (Fsp3) is 0.316. The van der Waals surface area contributed by atoms with Crippen LogP contribution in [0.15, 0.2) is 47.9 Å². The van der Waals surface area contributed by atoms with Crippen molar-refractivity contribution >= 4 is 35.0 Å². The van der Waals surface area contributed by atoms with Crippen LogP contribution in [-0.4, -0.2) is 55.1 Å². The van der Waals surface area contributed by atoms with Gasteiger partial charge in [-0.25, -0.2) is 9.50 Å². The van der Waals surface area contributed by atoms with Gasteiger partial charge in [-0.3, -0.25) is 9.59 Å². The molecular weight excluding hydrogens is 376 g/mol. The van der Waals surface area contributed by atoms with Gasteiger partial charge in [0.05, 0.1) is 11.8 Å². The van der Waals surface area contributed by atoms with E-state index in [1.165, 1.54) is 16.7 Å². The Labute approximate surface area is 167 Å². The van der Waals surface area contributed by atoms with Gasteiger partial charge in [-0.15, -0.1) is 5.10 Å². The van der Waals surface area contributed by atoms with Crippen LogP contribution < -0.4 is 5.32 Å². The molecule has 2 heterocycles. The van der Waals surface area contributed by atoms with Gasteiger partial charge in [-0.2, -0.15) is 4.98 Å². The van der Waals surface area contributed by atoms with Crippen molar-refractivity contribution in [3.8, 4) is 0 Å². The third-order valence-corrected chi connectivity index (χ3v) is 5.10. The highest BCUT2D eigenvalue weighted by atomic mass is 32.2. The Balaban J connectivity index is 1.57. The number of fused-ring (bicyclic) bond motifs is 1. The summed E-state index contributed by atoms with van der Waals surface area (Å²) in [6.45, 7) is 3.78. The first-order valence-electron chi connectivity index (χ1n) is 8.94. The van der Waals surface area contributed by atoms with Gasteiger partial charge >= 0.3 is 0 Å². The van der Waals surface area contributed by atoms with Gasteiger partial charge < -0.3 is 10.2 Å². The number of carbonyl (C=O) groups is 2. The van der Waals surface area contributed by atoms with Gasteiger partial charge in [0.1, 0.15) is 0 Å². The lowest BCUT2D eigenvalue weighted by atomic mass is 10.1. The quantitative estimate of drug-likeness (QED) is 0.614. The fourth-order valence-corrected chi connectivity index (χ4v) is 3.58. The first-order chi connectivity index (χ1) is 13.5. The molecule has 0 aliphatic heterocycles. The molecular formula is C19H22N6O2S. The van der Waals surface area contributed by atoms with E-state index >= 15 is 0 Å². The number of hydrogen-bond donors (Lipinski definition) is 1. The number of benzene rings is 1. The van der Waals surface area contributed by atoms with Crippen LogP contribution in [0.5, 0.6) is 0 Å². The predicted molar refractivity (Wildman–Crippen MR) is 108 cm³/mol. The van der Waals surface area contributed by atoms with Crippen molar-refractivity contribution in [1.29, 1.82) is 0 Å². The van der Waals surface area contributed by atoms with E-state index in [-0.39, 0.29) is 18.4 Å². The molecule has 0 fully saturated rings. The van der Waals surface area contributed by atoms with Crippen LogP contribution in [0.3, 0.4) is 0 Å². The lowest BCUT2D eigenvalue weighted by Gasteiger charge is -2.20. The number of carbonyl (C=O) groups excluding carboxylic acids is 2. The summed E-state index contributed by atoms with van der Waals surface area (Å²) in [6, 6.07) is 9.40. The van der Waals surface area contributed by atoms with Crippen molar-refractivity contribution in [2.75, 3.05) is 18.9 Å². The monoisotopic (exact) mass is 398 g/mol. The van der Waals surface area contributed by atoms with Crippen LogP contribution >= 0.6 is 11.8 Å². The number of aromatic nitrogens is 4. The minimum Gasteiger partial charge on any atom is -0.335 e. The van der Waals surface area contributed by atoms with Gasteiger partial charge in [-0.05, 0) is 31.0 Å². The average Bonchev–Trinajstić information content (AvgIpc) is 3.09. The minimum absolute atomic E-state index is 0.0259. The summed E-state index contributed by atoms with van der Waals surface area (Å²) in [6.07, 6.45) is 4.20. The summed E-state index contributed by atoms with van der Waals surface area (Å²) in [5, 5.41) is 7.20. The molecule has 2 amide bonds. The van der Waals surface area contributed by atoms with Crippen molar-refractivity contribution in [2.45, 2.75) is 30.7 Å². The van der Waals surface area contributed by atoms with E-state index in [2.05, 4.69) is 20.4 Å². The Hall–Kier alpha value is -2.94. The molecule has 146 valence electrons. The normalized spacial score (nSPS) is 12.0. The van der Waals surface area contributed by atoms with E-state index in [0.29, 0.717) is 10.9 Å². The third-order valence-electron chi connectivity index (χ3n) is 4.16. The number of anilines is 1. The fourth-order valence-electron chi connectivity index (χ4n) is 2.72. The maximum atomic E-state index is 12.6. The zero-order valence-corrected chi connectivity index (χ0v) is 16.8. The molecule has 0 saturated heterocycles. The van der Waals surface area contributed by atoms with E-state index in [4.69, 9.17) is 0 Å². The summed E-state index contributed by atoms with van der Waals surface area (Å²) >= 11 is 1.24. The molecule has 8 nitrogen and oxygen atoms in total. The molecule has 1 N–H and O–H groups in total. The van der Waals surface area contributed by atoms with Gasteiger partial charge in [0.25, 0.3) is 5.78 Å². The zero-order valence-electron chi connectivity index (χ0n) is 16.0. The number of aryl methyl sites for hydroxylation is 1. The molecule has 0 saturated carbocycles. The Morgan fingerprint density at radius 1 is 1.29 bits per heavy atom. The van der Waals surface area contributed by atoms with Crippen molar-refractivity contribution < 1.29 is 9.59 Å². The smallest absolute Gasteiger partial charge is 0.253 e. The van der Waals surface area contributed by atoms with Crippen molar-refractivity contribution in [1.82, 2.24) is 24.5 Å². The van der Waals surface area contributed by atoms with Gasteiger partial charge in [-0.1, -0.05) is 36.9 Å². The second-order valence-corrected chi connectivity index (χ2v) is 7.58. The number of hydrogen-bond acceptors (Lipinski definition) is 6. The van der Waals surface area contributed by atoms with Crippen molar-refractivity contribution in [3.05, 3.63) is 48.3 Å². The molecule has 28 heavy (non-hydrogen) atoms. The minimum atomic E-state index is -0.432. The molecule has 0 aliphatic rings. The van der Waals surface area contributed by atoms with Crippen LogP contribution in [0, 0.1) is 0 Å². The van der Waals surface area contributed by atoms with Crippen LogP contribution in [-0.2, 0) is 16.0 Å². The Morgan fingerprint density at radius 2 is 2.07 bits per heavy atom. The first-order valence-corrected chi connectivity index (χ1v) is 9.82. The van der Waals surface area contributed by atoms with Crippen LogP contribution in [0.25, 0.3) is 5.78 Å². The van der Waals surface area contributed by atoms with Crippen LogP contribution in [0.4, 0.5) is 5.69 Å². The largest absolute Gasteiger partial charge is 0.335 e. The summed E-state index contributed by atoms with van der Waals surface area (Å²) in [7, 11) is 1.61. The SMILES string of the molecule is CCc1ccccc1NC(=O)CN(C)C(=O)C(C)Sc1nc2ncccn2n1. The number of likely N-dealkylation sites (N-methyl/N-ethyl adjacent to an activating group) is 1. The molecule has 3 aromatic rings. The topological polar surface area (TPSA) is 92.5 Å². The molecule has 9 heteroatoms. The van der Waals surface area contributed by atoms with E-state index < -0.39 is 5.25 Å². The summed E-state index contributed by atoms with van der Waals surface area (Å²) in [5.41, 5.74) is 1.83. The number of amides is 2. The molecule has 0 aliphatic carbocycles. The Bertz CT molecular complexity index is 956. The maximum Gasteiger partial charge on any atom is 0.253 e. The molecule has 1 atom stereocenters. The highest BCUT2D eigenvalue weighted by molar-refractivity contribution is 8.00. The van der Waals surface area contributed by atoms with Crippen molar-refractivity contribution in [3.63, 3.8) is 0 Å². The summed E-state index contributed by atoms with van der Waals surface area (Å²) in [4.78, 5) is 34.8. The van der Waals surface area contributed by atoms with Gasteiger partial charge in [0.2, 0.25) is 17.0 Å². The second-order valence-electron chi connectivity index (χ2n) is 6.27. The highest BCUT2D eigenvalue weighted by Gasteiger charge is 2.22.